The Morgan fingerprint density at radius 2 is 2.31 bits per heavy atom. The molecule has 0 aromatic heterocycles. The molecule has 0 radical (unpaired) electrons. The average molecular weight is 260 g/mol. The molecule has 0 amide bonds. The van der Waals surface area contributed by atoms with Crippen molar-refractivity contribution in [2.24, 2.45) is 0 Å². The normalized spacial score (nSPS) is 10.5. The molecule has 1 rings (SSSR count). The molecule has 1 aromatic carbocycles. The second-order valence-electron chi connectivity index (χ2n) is 2.13. The van der Waals surface area contributed by atoms with Crippen molar-refractivity contribution >= 4 is 33.4 Å². The van der Waals surface area contributed by atoms with E-state index in [4.69, 9.17) is 0 Å². The van der Waals surface area contributed by atoms with Gasteiger partial charge in [0.25, 0.3) is 5.69 Å². The Labute approximate surface area is 88.1 Å². The van der Waals surface area contributed by atoms with Crippen molar-refractivity contribution in [3.05, 3.63) is 44.8 Å². The first-order valence-corrected chi connectivity index (χ1v) is 5.20. The van der Waals surface area contributed by atoms with E-state index in [-0.39, 0.29) is 5.69 Å². The predicted molar refractivity (Wildman–Crippen MR) is 57.0 cm³/mol. The number of non-ortho nitro benzene ring substituents is 1. The molecule has 0 spiro atoms. The Morgan fingerprint density at radius 3 is 2.92 bits per heavy atom. The Hall–Kier alpha value is -0.810. The second kappa shape index (κ2) is 5.04. The highest BCUT2D eigenvalue weighted by Crippen LogP contribution is 2.23. The molecule has 0 bridgehead atoms. The molecule has 0 fully saturated rings. The minimum atomic E-state index is -0.401. The van der Waals surface area contributed by atoms with Gasteiger partial charge in [-0.15, -0.1) is 0 Å². The highest BCUT2D eigenvalue weighted by Gasteiger charge is 2.04. The van der Waals surface area contributed by atoms with Crippen LogP contribution in [0.5, 0.6) is 0 Å². The highest BCUT2D eigenvalue weighted by atomic mass is 79.9. The van der Waals surface area contributed by atoms with E-state index < -0.39 is 4.92 Å². The van der Waals surface area contributed by atoms with Crippen LogP contribution < -0.4 is 0 Å². The fraction of sp³-hybridized carbons (Fsp3) is 0. The minimum Gasteiger partial charge on any atom is -0.258 e. The molecule has 0 saturated heterocycles. The van der Waals surface area contributed by atoms with Crippen molar-refractivity contribution in [2.75, 3.05) is 0 Å². The maximum Gasteiger partial charge on any atom is 0.270 e. The maximum atomic E-state index is 10.4. The Kier molecular flexibility index (Phi) is 3.98. The number of rotatable bonds is 3. The average Bonchev–Trinajstić information content (AvgIpc) is 2.15. The quantitative estimate of drug-likeness (QED) is 0.474. The van der Waals surface area contributed by atoms with Crippen molar-refractivity contribution in [2.45, 2.75) is 4.90 Å². The van der Waals surface area contributed by atoms with Crippen molar-refractivity contribution in [3.63, 3.8) is 0 Å². The summed E-state index contributed by atoms with van der Waals surface area (Å²) in [6.07, 6.45) is 0. The zero-order valence-corrected chi connectivity index (χ0v) is 8.92. The molecule has 3 nitrogen and oxygen atoms in total. The molecule has 68 valence electrons. The SMILES string of the molecule is O=[N+]([O-])c1cccc(S/C=C/Br)c1. The molecule has 0 heterocycles. The van der Waals surface area contributed by atoms with Gasteiger partial charge in [-0.25, -0.2) is 0 Å². The fourth-order valence-electron chi connectivity index (χ4n) is 0.775. The van der Waals surface area contributed by atoms with Gasteiger partial charge in [-0.1, -0.05) is 33.8 Å². The van der Waals surface area contributed by atoms with Crippen LogP contribution >= 0.6 is 27.7 Å². The van der Waals surface area contributed by atoms with E-state index >= 15 is 0 Å². The standard InChI is InChI=1S/C8H6BrNO2S/c9-4-5-13-8-3-1-2-7(6-8)10(11)12/h1-6H/b5-4+. The van der Waals surface area contributed by atoms with Crippen LogP contribution in [0.4, 0.5) is 5.69 Å². The van der Waals surface area contributed by atoms with Gasteiger partial charge in [-0.3, -0.25) is 10.1 Å². The lowest BCUT2D eigenvalue weighted by Gasteiger charge is -1.94. The second-order valence-corrected chi connectivity index (χ2v) is 3.64. The summed E-state index contributed by atoms with van der Waals surface area (Å²) in [4.78, 5) is 12.6. The topological polar surface area (TPSA) is 43.1 Å². The third-order valence-electron chi connectivity index (χ3n) is 1.28. The third kappa shape index (κ3) is 3.20. The molecule has 0 N–H and O–H groups in total. The number of thioether (sulfide) groups is 1. The van der Waals surface area contributed by atoms with Gasteiger partial charge < -0.3 is 0 Å². The number of benzene rings is 1. The summed E-state index contributed by atoms with van der Waals surface area (Å²) in [7, 11) is 0. The van der Waals surface area contributed by atoms with Crippen LogP contribution in [0.2, 0.25) is 0 Å². The largest absolute Gasteiger partial charge is 0.270 e. The van der Waals surface area contributed by atoms with Crippen molar-refractivity contribution in [3.8, 4) is 0 Å². The summed E-state index contributed by atoms with van der Waals surface area (Å²) < 4.78 is 0. The first-order chi connectivity index (χ1) is 6.24. The molecule has 13 heavy (non-hydrogen) atoms. The molecular weight excluding hydrogens is 254 g/mol. The predicted octanol–water partition coefficient (Wildman–Crippen LogP) is 3.55. The van der Waals surface area contributed by atoms with E-state index in [2.05, 4.69) is 15.9 Å². The molecular formula is C8H6BrNO2S. The Balaban J connectivity index is 2.85. The van der Waals surface area contributed by atoms with Crippen LogP contribution in [-0.2, 0) is 0 Å². The van der Waals surface area contributed by atoms with Crippen LogP contribution in [-0.4, -0.2) is 4.92 Å². The fourth-order valence-corrected chi connectivity index (χ4v) is 1.65. The van der Waals surface area contributed by atoms with Crippen molar-refractivity contribution in [1.82, 2.24) is 0 Å². The minimum absolute atomic E-state index is 0.118. The summed E-state index contributed by atoms with van der Waals surface area (Å²) in [5.74, 6) is 0. The highest BCUT2D eigenvalue weighted by molar-refractivity contribution is 9.11. The number of hydrogen-bond donors (Lipinski definition) is 0. The first kappa shape index (κ1) is 10.3. The summed E-state index contributed by atoms with van der Waals surface area (Å²) in [6, 6.07) is 6.51. The zero-order chi connectivity index (χ0) is 9.68. The van der Waals surface area contributed by atoms with Crippen LogP contribution in [0.15, 0.2) is 39.6 Å². The third-order valence-corrected chi connectivity index (χ3v) is 2.70. The van der Waals surface area contributed by atoms with Gasteiger partial charge in [-0.2, -0.15) is 0 Å². The lowest BCUT2D eigenvalue weighted by atomic mass is 10.3. The molecule has 5 heteroatoms. The lowest BCUT2D eigenvalue weighted by molar-refractivity contribution is -0.385. The Bertz CT molecular complexity index is 341. The molecule has 0 atom stereocenters. The van der Waals surface area contributed by atoms with Crippen molar-refractivity contribution < 1.29 is 4.92 Å². The van der Waals surface area contributed by atoms with Crippen LogP contribution in [0.1, 0.15) is 0 Å². The van der Waals surface area contributed by atoms with E-state index in [1.165, 1.54) is 23.9 Å². The van der Waals surface area contributed by atoms with Gasteiger partial charge in [-0.05, 0) is 16.5 Å². The zero-order valence-electron chi connectivity index (χ0n) is 6.51. The molecule has 0 unspecified atom stereocenters. The van der Waals surface area contributed by atoms with E-state index in [0.717, 1.165) is 4.90 Å². The number of nitrogens with zero attached hydrogens (tertiary/aromatic N) is 1. The number of nitro benzene ring substituents is 1. The van der Waals surface area contributed by atoms with Gasteiger partial charge in [0.15, 0.2) is 0 Å². The van der Waals surface area contributed by atoms with Gasteiger partial charge >= 0.3 is 0 Å². The van der Waals surface area contributed by atoms with Gasteiger partial charge in [0.1, 0.15) is 0 Å². The summed E-state index contributed by atoms with van der Waals surface area (Å²) in [5, 5.41) is 12.2. The molecule has 0 aliphatic carbocycles. The summed E-state index contributed by atoms with van der Waals surface area (Å²) in [6.45, 7) is 0. The number of halogens is 1. The van der Waals surface area contributed by atoms with Crippen molar-refractivity contribution in [1.29, 1.82) is 0 Å². The van der Waals surface area contributed by atoms with E-state index in [1.54, 1.807) is 16.5 Å². The van der Waals surface area contributed by atoms with Gasteiger partial charge in [0.05, 0.1) is 4.92 Å². The smallest absolute Gasteiger partial charge is 0.258 e. The van der Waals surface area contributed by atoms with Crippen LogP contribution in [0, 0.1) is 10.1 Å². The molecule has 0 aliphatic rings. The first-order valence-electron chi connectivity index (χ1n) is 3.40. The lowest BCUT2D eigenvalue weighted by Crippen LogP contribution is -1.86. The summed E-state index contributed by atoms with van der Waals surface area (Å²) >= 11 is 4.54. The van der Waals surface area contributed by atoms with E-state index in [1.807, 2.05) is 6.07 Å². The number of hydrogen-bond acceptors (Lipinski definition) is 3. The van der Waals surface area contributed by atoms with Crippen LogP contribution in [0.25, 0.3) is 0 Å². The Morgan fingerprint density at radius 1 is 1.54 bits per heavy atom. The van der Waals surface area contributed by atoms with Gasteiger partial charge in [0, 0.05) is 17.0 Å². The molecule has 0 saturated carbocycles. The molecule has 1 aromatic rings. The van der Waals surface area contributed by atoms with E-state index in [0.29, 0.717) is 0 Å². The van der Waals surface area contributed by atoms with Gasteiger partial charge in [0.2, 0.25) is 0 Å². The van der Waals surface area contributed by atoms with Crippen LogP contribution in [0.3, 0.4) is 0 Å². The van der Waals surface area contributed by atoms with E-state index in [9.17, 15) is 10.1 Å². The monoisotopic (exact) mass is 259 g/mol. The summed E-state index contributed by atoms with van der Waals surface area (Å²) in [5.41, 5.74) is 0.118. The number of nitro groups is 1. The maximum absolute atomic E-state index is 10.4. The molecule has 0 aliphatic heterocycles.